The number of halogens is 1. The summed E-state index contributed by atoms with van der Waals surface area (Å²) in [7, 11) is 1.59. The summed E-state index contributed by atoms with van der Waals surface area (Å²) in [6.45, 7) is 12.5. The summed E-state index contributed by atoms with van der Waals surface area (Å²) >= 11 is 6.05. The number of hydrazone groups is 1. The number of ether oxygens (including phenoxy) is 1. The number of anilines is 1. The Morgan fingerprint density at radius 1 is 1.25 bits per heavy atom. The first-order chi connectivity index (χ1) is 15.2. The third-order valence-corrected chi connectivity index (χ3v) is 5.22. The molecule has 2 aromatic rings. The Kier molecular flexibility index (Phi) is 8.87. The lowest BCUT2D eigenvalue weighted by molar-refractivity contribution is -0.121. The summed E-state index contributed by atoms with van der Waals surface area (Å²) in [5, 5.41) is 7.24. The molecule has 0 bridgehead atoms. The molecule has 0 spiro atoms. The van der Waals surface area contributed by atoms with Gasteiger partial charge in [-0.3, -0.25) is 9.69 Å². The molecular weight excluding hydrogens is 426 g/mol. The SMILES string of the molecule is C=C(c1ccc(Cl)cc1)c1cc(OC)ccc1N(C(=C)C(N)CC(=O)NCC)/C(C)=N\N. The molecule has 2 rings (SSSR count). The van der Waals surface area contributed by atoms with Crippen LogP contribution in [0.25, 0.3) is 5.57 Å². The molecule has 8 heteroatoms. The summed E-state index contributed by atoms with van der Waals surface area (Å²) in [6, 6.07) is 12.3. The molecule has 0 radical (unpaired) electrons. The minimum Gasteiger partial charge on any atom is -0.497 e. The van der Waals surface area contributed by atoms with Gasteiger partial charge in [-0.25, -0.2) is 0 Å². The van der Waals surface area contributed by atoms with Gasteiger partial charge in [-0.05, 0) is 55.3 Å². The first kappa shape index (κ1) is 25.0. The van der Waals surface area contributed by atoms with Crippen LogP contribution in [0.2, 0.25) is 5.02 Å². The molecule has 0 heterocycles. The number of methoxy groups -OCH3 is 1. The highest BCUT2D eigenvalue weighted by Crippen LogP contribution is 2.36. The van der Waals surface area contributed by atoms with Crippen molar-refractivity contribution in [1.29, 1.82) is 0 Å². The van der Waals surface area contributed by atoms with Gasteiger partial charge in [0.15, 0.2) is 0 Å². The average molecular weight is 456 g/mol. The fourth-order valence-electron chi connectivity index (χ4n) is 3.23. The molecule has 32 heavy (non-hydrogen) atoms. The molecule has 7 nitrogen and oxygen atoms in total. The van der Waals surface area contributed by atoms with Gasteiger partial charge in [0.1, 0.15) is 11.6 Å². The van der Waals surface area contributed by atoms with E-state index in [4.69, 9.17) is 27.9 Å². The minimum absolute atomic E-state index is 0.0741. The van der Waals surface area contributed by atoms with E-state index in [1.807, 2.05) is 37.3 Å². The maximum Gasteiger partial charge on any atom is 0.221 e. The topological polar surface area (TPSA) is 106 Å². The number of nitrogens with one attached hydrogen (secondary N) is 1. The van der Waals surface area contributed by atoms with Crippen molar-refractivity contribution in [3.63, 3.8) is 0 Å². The van der Waals surface area contributed by atoms with Crippen molar-refractivity contribution in [3.05, 3.63) is 77.5 Å². The molecule has 1 amide bonds. The van der Waals surface area contributed by atoms with Gasteiger partial charge in [-0.2, -0.15) is 5.10 Å². The van der Waals surface area contributed by atoms with Gasteiger partial charge in [0.2, 0.25) is 5.91 Å². The molecule has 1 atom stereocenters. The zero-order valence-corrected chi connectivity index (χ0v) is 19.4. The first-order valence-electron chi connectivity index (χ1n) is 10.1. The molecule has 170 valence electrons. The Morgan fingerprint density at radius 2 is 1.91 bits per heavy atom. The highest BCUT2D eigenvalue weighted by molar-refractivity contribution is 6.30. The maximum atomic E-state index is 12.1. The molecule has 0 aliphatic rings. The number of nitrogens with zero attached hydrogens (tertiary/aromatic N) is 2. The Balaban J connectivity index is 2.56. The van der Waals surface area contributed by atoms with E-state index in [1.54, 1.807) is 31.1 Å². The molecule has 0 fully saturated rings. The molecule has 0 saturated heterocycles. The fourth-order valence-corrected chi connectivity index (χ4v) is 3.36. The van der Waals surface area contributed by atoms with Crippen LogP contribution in [0, 0.1) is 0 Å². The highest BCUT2D eigenvalue weighted by Gasteiger charge is 2.24. The third kappa shape index (κ3) is 5.90. The Labute approximate surface area is 194 Å². The maximum absolute atomic E-state index is 12.1. The summed E-state index contributed by atoms with van der Waals surface area (Å²) in [5.74, 6) is 6.57. The van der Waals surface area contributed by atoms with E-state index in [0.717, 1.165) is 16.7 Å². The molecule has 2 aromatic carbocycles. The number of amides is 1. The molecule has 0 saturated carbocycles. The van der Waals surface area contributed by atoms with Gasteiger partial charge in [0, 0.05) is 29.2 Å². The van der Waals surface area contributed by atoms with Crippen molar-refractivity contribution in [2.75, 3.05) is 18.6 Å². The smallest absolute Gasteiger partial charge is 0.221 e. The van der Waals surface area contributed by atoms with E-state index in [0.29, 0.717) is 34.5 Å². The van der Waals surface area contributed by atoms with Crippen LogP contribution in [0.5, 0.6) is 5.75 Å². The quantitative estimate of drug-likeness (QED) is 0.230. The zero-order valence-electron chi connectivity index (χ0n) is 18.7. The predicted molar refractivity (Wildman–Crippen MR) is 133 cm³/mol. The second kappa shape index (κ2) is 11.4. The van der Waals surface area contributed by atoms with E-state index in [-0.39, 0.29) is 12.3 Å². The average Bonchev–Trinajstić information content (AvgIpc) is 2.79. The summed E-state index contributed by atoms with van der Waals surface area (Å²) in [6.07, 6.45) is 0.0741. The van der Waals surface area contributed by atoms with Crippen LogP contribution in [0.3, 0.4) is 0 Å². The van der Waals surface area contributed by atoms with Gasteiger partial charge in [0.25, 0.3) is 0 Å². The lowest BCUT2D eigenvalue weighted by Gasteiger charge is -2.31. The number of carbonyl (C=O) groups is 1. The van der Waals surface area contributed by atoms with Crippen LogP contribution in [0.1, 0.15) is 31.4 Å². The summed E-state index contributed by atoms with van der Waals surface area (Å²) in [5.41, 5.74) is 9.88. The fraction of sp³-hybridized carbons (Fsp3) is 0.250. The van der Waals surface area contributed by atoms with Crippen LogP contribution in [0.4, 0.5) is 5.69 Å². The van der Waals surface area contributed by atoms with E-state index in [9.17, 15) is 4.79 Å². The van der Waals surface area contributed by atoms with Crippen molar-refractivity contribution < 1.29 is 9.53 Å². The Bertz CT molecular complexity index is 1020. The van der Waals surface area contributed by atoms with Crippen molar-refractivity contribution in [3.8, 4) is 5.75 Å². The van der Waals surface area contributed by atoms with Crippen LogP contribution >= 0.6 is 11.6 Å². The third-order valence-electron chi connectivity index (χ3n) is 4.97. The second-order valence-corrected chi connectivity index (χ2v) is 7.57. The van der Waals surface area contributed by atoms with E-state index in [2.05, 4.69) is 23.6 Å². The van der Waals surface area contributed by atoms with Gasteiger partial charge in [0.05, 0.1) is 18.8 Å². The van der Waals surface area contributed by atoms with E-state index in [1.165, 1.54) is 0 Å². The van der Waals surface area contributed by atoms with Crippen molar-refractivity contribution in [2.45, 2.75) is 26.3 Å². The molecule has 5 N–H and O–H groups in total. The molecule has 1 unspecified atom stereocenters. The number of hydrogen-bond acceptors (Lipinski definition) is 5. The first-order valence-corrected chi connectivity index (χ1v) is 10.5. The molecule has 0 aliphatic heterocycles. The van der Waals surface area contributed by atoms with Gasteiger partial charge in [-0.1, -0.05) is 36.9 Å². The lowest BCUT2D eigenvalue weighted by atomic mass is 9.96. The number of amidine groups is 1. The van der Waals surface area contributed by atoms with Crippen LogP contribution in [-0.4, -0.2) is 31.4 Å². The largest absolute Gasteiger partial charge is 0.497 e. The van der Waals surface area contributed by atoms with Gasteiger partial charge >= 0.3 is 0 Å². The second-order valence-electron chi connectivity index (χ2n) is 7.14. The number of carbonyl (C=O) groups excluding carboxylic acids is 1. The number of benzene rings is 2. The monoisotopic (exact) mass is 455 g/mol. The number of hydrogen-bond donors (Lipinski definition) is 3. The van der Waals surface area contributed by atoms with Crippen molar-refractivity contribution >= 4 is 34.6 Å². The Hall–Kier alpha value is -3.29. The van der Waals surface area contributed by atoms with E-state index < -0.39 is 6.04 Å². The normalized spacial score (nSPS) is 12.1. The molecule has 0 aliphatic carbocycles. The molecular formula is C24H30ClN5O2. The van der Waals surface area contributed by atoms with Crippen LogP contribution in [0.15, 0.2) is 66.4 Å². The number of rotatable bonds is 9. The molecule has 0 aromatic heterocycles. The van der Waals surface area contributed by atoms with Crippen LogP contribution in [-0.2, 0) is 4.79 Å². The van der Waals surface area contributed by atoms with Gasteiger partial charge in [-0.15, -0.1) is 0 Å². The lowest BCUT2D eigenvalue weighted by Crippen LogP contribution is -2.41. The summed E-state index contributed by atoms with van der Waals surface area (Å²) < 4.78 is 5.43. The minimum atomic E-state index is -0.656. The van der Waals surface area contributed by atoms with Crippen LogP contribution < -0.4 is 26.5 Å². The standard InChI is InChI=1S/C24H30ClN5O2/c1-6-28-24(31)14-22(26)16(3)30(17(4)29-27)23-12-11-20(32-5)13-21(23)15(2)18-7-9-19(25)10-8-18/h7-13,22H,2-3,6,14,26-27H2,1,4-5H3,(H,28,31)/b29-17-. The van der Waals surface area contributed by atoms with Crippen molar-refractivity contribution in [2.24, 2.45) is 16.7 Å². The van der Waals surface area contributed by atoms with E-state index >= 15 is 0 Å². The highest BCUT2D eigenvalue weighted by atomic mass is 35.5. The number of nitrogens with two attached hydrogens (primary N) is 2. The summed E-state index contributed by atoms with van der Waals surface area (Å²) in [4.78, 5) is 13.8. The van der Waals surface area contributed by atoms with Crippen molar-refractivity contribution in [1.82, 2.24) is 5.32 Å². The Morgan fingerprint density at radius 3 is 2.47 bits per heavy atom. The zero-order chi connectivity index (χ0) is 23.8. The van der Waals surface area contributed by atoms with Gasteiger partial charge < -0.3 is 21.6 Å². The predicted octanol–water partition coefficient (Wildman–Crippen LogP) is 3.88.